The zero-order chi connectivity index (χ0) is 27.4. The summed E-state index contributed by atoms with van der Waals surface area (Å²) in [4.78, 5) is 63.4. The summed E-state index contributed by atoms with van der Waals surface area (Å²) in [5.41, 5.74) is 2.22. The zero-order valence-corrected chi connectivity index (χ0v) is 20.9. The SMILES string of the molecule is O=C1CCC(N2C(=O)c3cccc(NCc4ccc(C(=O)NCCOc5ccccc5)cc4)c3C2=O)C(=O)N1. The number of ether oxygens (including phenoxy) is 1. The average Bonchev–Trinajstić information content (AvgIpc) is 3.20. The third-order valence-corrected chi connectivity index (χ3v) is 6.57. The molecule has 198 valence electrons. The zero-order valence-electron chi connectivity index (χ0n) is 20.9. The van der Waals surface area contributed by atoms with E-state index in [1.54, 1.807) is 42.5 Å². The largest absolute Gasteiger partial charge is 0.492 e. The van der Waals surface area contributed by atoms with Gasteiger partial charge >= 0.3 is 0 Å². The van der Waals surface area contributed by atoms with E-state index in [4.69, 9.17) is 4.74 Å². The second-order valence-corrected chi connectivity index (χ2v) is 9.14. The normalized spacial score (nSPS) is 16.5. The molecule has 3 N–H and O–H groups in total. The molecule has 1 unspecified atom stereocenters. The smallest absolute Gasteiger partial charge is 0.264 e. The lowest BCUT2D eigenvalue weighted by Crippen LogP contribution is -2.54. The Morgan fingerprint density at radius 3 is 2.44 bits per heavy atom. The van der Waals surface area contributed by atoms with E-state index < -0.39 is 29.7 Å². The summed E-state index contributed by atoms with van der Waals surface area (Å²) in [5, 5.41) is 8.20. The molecule has 0 saturated carbocycles. The first-order valence-corrected chi connectivity index (χ1v) is 12.6. The number of benzene rings is 3. The van der Waals surface area contributed by atoms with Gasteiger partial charge in [-0.1, -0.05) is 36.4 Å². The van der Waals surface area contributed by atoms with Gasteiger partial charge in [0.2, 0.25) is 11.8 Å². The molecule has 1 atom stereocenters. The van der Waals surface area contributed by atoms with Gasteiger partial charge in [-0.3, -0.25) is 34.2 Å². The van der Waals surface area contributed by atoms with Crippen LogP contribution in [0.4, 0.5) is 5.69 Å². The molecule has 10 heteroatoms. The van der Waals surface area contributed by atoms with Crippen molar-refractivity contribution in [2.45, 2.75) is 25.4 Å². The molecule has 5 amide bonds. The van der Waals surface area contributed by atoms with Gasteiger partial charge in [0.15, 0.2) is 0 Å². The van der Waals surface area contributed by atoms with Crippen molar-refractivity contribution >= 4 is 35.2 Å². The number of carbonyl (C=O) groups is 5. The summed E-state index contributed by atoms with van der Waals surface area (Å²) >= 11 is 0. The first kappa shape index (κ1) is 25.7. The molecule has 3 aromatic carbocycles. The second-order valence-electron chi connectivity index (χ2n) is 9.14. The van der Waals surface area contributed by atoms with Gasteiger partial charge in [-0.2, -0.15) is 0 Å². The summed E-state index contributed by atoms with van der Waals surface area (Å²) in [6.07, 6.45) is 0.156. The molecule has 1 fully saturated rings. The number of para-hydroxylation sites is 1. The molecule has 2 heterocycles. The van der Waals surface area contributed by atoms with E-state index in [1.807, 2.05) is 30.3 Å². The molecular formula is C29H26N4O6. The van der Waals surface area contributed by atoms with Gasteiger partial charge in [0.1, 0.15) is 18.4 Å². The summed E-state index contributed by atoms with van der Waals surface area (Å²) in [5.74, 6) is -1.68. The Morgan fingerprint density at radius 1 is 0.923 bits per heavy atom. The lowest BCUT2D eigenvalue weighted by atomic mass is 10.0. The summed E-state index contributed by atoms with van der Waals surface area (Å²) < 4.78 is 5.58. The Bertz CT molecular complexity index is 1440. The van der Waals surface area contributed by atoms with E-state index in [9.17, 15) is 24.0 Å². The van der Waals surface area contributed by atoms with Gasteiger partial charge in [0, 0.05) is 24.2 Å². The summed E-state index contributed by atoms with van der Waals surface area (Å²) in [6.45, 7) is 1.04. The topological polar surface area (TPSA) is 134 Å². The van der Waals surface area contributed by atoms with Crippen LogP contribution in [0.25, 0.3) is 0 Å². The molecular weight excluding hydrogens is 500 g/mol. The number of rotatable bonds is 9. The third-order valence-electron chi connectivity index (χ3n) is 6.57. The molecule has 0 aliphatic carbocycles. The molecule has 2 aliphatic heterocycles. The monoisotopic (exact) mass is 526 g/mol. The van der Waals surface area contributed by atoms with Crippen LogP contribution in [0.15, 0.2) is 72.8 Å². The highest BCUT2D eigenvalue weighted by Gasteiger charge is 2.45. The Morgan fingerprint density at radius 2 is 1.69 bits per heavy atom. The van der Waals surface area contributed by atoms with Crippen LogP contribution in [0.3, 0.4) is 0 Å². The van der Waals surface area contributed by atoms with E-state index in [0.29, 0.717) is 30.9 Å². The lowest BCUT2D eigenvalue weighted by Gasteiger charge is -2.27. The predicted molar refractivity (Wildman–Crippen MR) is 141 cm³/mol. The minimum Gasteiger partial charge on any atom is -0.492 e. The van der Waals surface area contributed by atoms with Gasteiger partial charge < -0.3 is 15.4 Å². The maximum Gasteiger partial charge on any atom is 0.264 e. The van der Waals surface area contributed by atoms with Gasteiger partial charge in [-0.25, -0.2) is 0 Å². The molecule has 0 aromatic heterocycles. The van der Waals surface area contributed by atoms with Crippen molar-refractivity contribution < 1.29 is 28.7 Å². The number of nitrogens with zero attached hydrogens (tertiary/aromatic N) is 1. The number of amides is 5. The van der Waals surface area contributed by atoms with Crippen LogP contribution in [-0.2, 0) is 16.1 Å². The number of imide groups is 2. The van der Waals surface area contributed by atoms with Gasteiger partial charge in [-0.05, 0) is 48.4 Å². The van der Waals surface area contributed by atoms with E-state index >= 15 is 0 Å². The van der Waals surface area contributed by atoms with E-state index in [-0.39, 0.29) is 29.9 Å². The van der Waals surface area contributed by atoms with Crippen LogP contribution in [-0.4, -0.2) is 53.6 Å². The van der Waals surface area contributed by atoms with Crippen LogP contribution in [0.5, 0.6) is 5.75 Å². The fraction of sp³-hybridized carbons (Fsp3) is 0.207. The quantitative estimate of drug-likeness (QED) is 0.288. The van der Waals surface area contributed by atoms with E-state index in [2.05, 4.69) is 16.0 Å². The number of hydrogen-bond donors (Lipinski definition) is 3. The molecule has 1 saturated heterocycles. The average molecular weight is 527 g/mol. The van der Waals surface area contributed by atoms with Crippen LogP contribution in [0.2, 0.25) is 0 Å². The van der Waals surface area contributed by atoms with Crippen molar-refractivity contribution in [1.82, 2.24) is 15.5 Å². The maximum atomic E-state index is 13.2. The van der Waals surface area contributed by atoms with E-state index in [0.717, 1.165) is 16.2 Å². The highest BCUT2D eigenvalue weighted by molar-refractivity contribution is 6.25. The van der Waals surface area contributed by atoms with Crippen LogP contribution < -0.4 is 20.7 Å². The van der Waals surface area contributed by atoms with Crippen molar-refractivity contribution in [3.05, 3.63) is 95.1 Å². The number of piperidine rings is 1. The summed E-state index contributed by atoms with van der Waals surface area (Å²) in [7, 11) is 0. The number of carbonyl (C=O) groups excluding carboxylic acids is 5. The third kappa shape index (κ3) is 5.49. The number of anilines is 1. The Kier molecular flexibility index (Phi) is 7.35. The fourth-order valence-corrected chi connectivity index (χ4v) is 4.59. The fourth-order valence-electron chi connectivity index (χ4n) is 4.59. The molecule has 39 heavy (non-hydrogen) atoms. The molecule has 5 rings (SSSR count). The maximum absolute atomic E-state index is 13.2. The minimum atomic E-state index is -1.02. The molecule has 2 aliphatic rings. The molecule has 0 spiro atoms. The molecule has 3 aromatic rings. The van der Waals surface area contributed by atoms with E-state index in [1.165, 1.54) is 0 Å². The highest BCUT2D eigenvalue weighted by Crippen LogP contribution is 2.32. The Balaban J connectivity index is 1.18. The van der Waals surface area contributed by atoms with Gasteiger partial charge in [0.05, 0.1) is 17.7 Å². The Hall–Kier alpha value is -4.99. The Labute approximate surface area is 224 Å². The van der Waals surface area contributed by atoms with Crippen LogP contribution in [0.1, 0.15) is 49.5 Å². The highest BCUT2D eigenvalue weighted by atomic mass is 16.5. The van der Waals surface area contributed by atoms with Crippen LogP contribution >= 0.6 is 0 Å². The predicted octanol–water partition coefficient (Wildman–Crippen LogP) is 2.51. The first-order chi connectivity index (χ1) is 18.9. The van der Waals surface area contributed by atoms with Crippen molar-refractivity contribution in [3.8, 4) is 5.75 Å². The van der Waals surface area contributed by atoms with Crippen LogP contribution in [0, 0.1) is 0 Å². The van der Waals surface area contributed by atoms with Crippen molar-refractivity contribution in [2.24, 2.45) is 0 Å². The second kappa shape index (κ2) is 11.2. The van der Waals surface area contributed by atoms with Crippen molar-refractivity contribution in [2.75, 3.05) is 18.5 Å². The number of nitrogens with one attached hydrogen (secondary N) is 3. The minimum absolute atomic E-state index is 0.0599. The lowest BCUT2D eigenvalue weighted by molar-refractivity contribution is -0.136. The van der Waals surface area contributed by atoms with Crippen molar-refractivity contribution in [1.29, 1.82) is 0 Å². The first-order valence-electron chi connectivity index (χ1n) is 12.6. The number of fused-ring (bicyclic) bond motifs is 1. The standard InChI is InChI=1S/C29H26N4O6/c34-24-14-13-23(27(36)32-24)33-28(37)21-7-4-8-22(25(21)29(33)38)31-17-18-9-11-19(12-10-18)26(35)30-15-16-39-20-5-2-1-3-6-20/h1-12,23,31H,13-17H2,(H,30,35)(H,32,34,36). The van der Waals surface area contributed by atoms with Gasteiger partial charge in [-0.15, -0.1) is 0 Å². The van der Waals surface area contributed by atoms with Crippen molar-refractivity contribution in [3.63, 3.8) is 0 Å². The van der Waals surface area contributed by atoms with Gasteiger partial charge in [0.25, 0.3) is 17.7 Å². The molecule has 0 radical (unpaired) electrons. The number of hydrogen-bond acceptors (Lipinski definition) is 7. The summed E-state index contributed by atoms with van der Waals surface area (Å²) in [6, 6.07) is 20.2. The molecule has 10 nitrogen and oxygen atoms in total. The molecule has 0 bridgehead atoms.